The predicted molar refractivity (Wildman–Crippen MR) is 290 cm³/mol. The lowest BCUT2D eigenvalue weighted by Gasteiger charge is -2.37. The lowest BCUT2D eigenvalue weighted by molar-refractivity contribution is -0.873. The molecule has 0 spiro atoms. The number of quaternary nitrogens is 2. The zero-order chi connectivity index (χ0) is 54.0. The van der Waals surface area contributed by atoms with Crippen LogP contribution in [0.4, 0.5) is 47.1 Å². The van der Waals surface area contributed by atoms with Crippen molar-refractivity contribution in [2.45, 2.75) is 22.0 Å². The van der Waals surface area contributed by atoms with Crippen LogP contribution in [0, 0.1) is 0 Å². The monoisotopic (exact) mass is 1100 g/mol. The minimum atomic E-state index is -4.77. The van der Waals surface area contributed by atoms with E-state index in [4.69, 9.17) is 49.0 Å². The topological polar surface area (TPSA) is 273 Å². The summed E-state index contributed by atoms with van der Waals surface area (Å²) < 4.78 is 54.0. The maximum atomic E-state index is 13.0. The van der Waals surface area contributed by atoms with Crippen LogP contribution < -0.4 is 30.2 Å². The Kier molecular flexibility index (Phi) is 19.1. The van der Waals surface area contributed by atoms with Crippen LogP contribution >= 0.6 is 12.0 Å². The van der Waals surface area contributed by atoms with Crippen LogP contribution in [0.3, 0.4) is 0 Å². The maximum absolute atomic E-state index is 13.0. The largest absolute Gasteiger partial charge is 0.386 e. The van der Waals surface area contributed by atoms with E-state index in [9.17, 15) is 23.2 Å². The van der Waals surface area contributed by atoms with Gasteiger partial charge in [-0.05, 0) is 35.4 Å². The molecule has 2 aromatic carbocycles. The van der Waals surface area contributed by atoms with Crippen LogP contribution in [0.5, 0.6) is 0 Å². The van der Waals surface area contributed by atoms with Crippen molar-refractivity contribution >= 4 is 81.4 Å². The zero-order valence-electron chi connectivity index (χ0n) is 44.2. The van der Waals surface area contributed by atoms with Crippen molar-refractivity contribution in [3.05, 3.63) is 47.5 Å². The van der Waals surface area contributed by atoms with E-state index >= 15 is 0 Å². The summed E-state index contributed by atoms with van der Waals surface area (Å²) in [5, 5.41) is 41.0. The minimum Gasteiger partial charge on any atom is -0.386 e. The fraction of sp³-hybridized carbons (Fsp3) is 0.583. The van der Waals surface area contributed by atoms with E-state index in [1.807, 2.05) is 4.90 Å². The Labute approximate surface area is 448 Å². The number of piperazine rings is 2. The first-order valence-corrected chi connectivity index (χ1v) is 27.6. The summed E-state index contributed by atoms with van der Waals surface area (Å²) in [7, 11) is 7.60. The number of anilines is 8. The smallest absolute Gasteiger partial charge is 0.295 e. The Morgan fingerprint density at radius 3 is 1.41 bits per heavy atom. The highest BCUT2D eigenvalue weighted by atomic mass is 32.2. The molecular formula is C48H74N16O10S2+2. The predicted octanol–water partition coefficient (Wildman–Crippen LogP) is 1.44. The number of β-amino-alcohol motifs (C(OH)–C–C–N with tert-alkyl or cyclic N) is 2. The van der Waals surface area contributed by atoms with Gasteiger partial charge in [0.15, 0.2) is 0 Å². The van der Waals surface area contributed by atoms with Gasteiger partial charge in [0.05, 0.1) is 80.8 Å². The van der Waals surface area contributed by atoms with Gasteiger partial charge in [0, 0.05) is 108 Å². The fourth-order valence-electron chi connectivity index (χ4n) is 9.43. The van der Waals surface area contributed by atoms with Gasteiger partial charge in [-0.15, -0.1) is 4.33 Å². The summed E-state index contributed by atoms with van der Waals surface area (Å²) in [6, 6.07) is 9.78. The van der Waals surface area contributed by atoms with Gasteiger partial charge in [0.25, 0.3) is 10.1 Å². The zero-order valence-corrected chi connectivity index (χ0v) is 45.9. The number of rotatable bonds is 22. The fourth-order valence-corrected chi connectivity index (χ4v) is 10.7. The summed E-state index contributed by atoms with van der Waals surface area (Å²) in [5.74, 6) is 2.40. The second-order valence-corrected chi connectivity index (χ2v) is 23.5. The van der Waals surface area contributed by atoms with Crippen molar-refractivity contribution in [1.82, 2.24) is 39.7 Å². The number of hydrogen-bond acceptors (Lipinski definition) is 24. The third-order valence-electron chi connectivity index (χ3n) is 13.0. The number of nitrogens with one attached hydrogen (secondary N) is 2. The quantitative estimate of drug-likeness (QED) is 0.0162. The first kappa shape index (κ1) is 57.0. The van der Waals surface area contributed by atoms with Crippen molar-refractivity contribution in [2.75, 3.05) is 204 Å². The van der Waals surface area contributed by atoms with Gasteiger partial charge >= 0.3 is 0 Å². The molecule has 0 bridgehead atoms. The first-order chi connectivity index (χ1) is 36.2. The van der Waals surface area contributed by atoms with Gasteiger partial charge in [-0.3, -0.25) is 14.4 Å². The van der Waals surface area contributed by atoms with Crippen LogP contribution in [0.1, 0.15) is 11.1 Å². The SMILES string of the molecule is C[N+](C)(C)CC(O)CN1CCN(c2nc(Nc3ccc(C=Cc4ccc(Nc5nc(N6CCOCC6)nc(N6CCN(CC(O)C[N+](C)(C)C)CC6)n5)cc4S(=O)(=O)O)c(SOOO)c3)nc(N3CCOCC3)n2)CC1. The van der Waals surface area contributed by atoms with E-state index < -0.39 is 22.3 Å². The Morgan fingerprint density at radius 2 is 1.00 bits per heavy atom. The Hall–Kier alpha value is -5.18. The molecule has 0 radical (unpaired) electrons. The van der Waals surface area contributed by atoms with E-state index in [1.165, 1.54) is 12.1 Å². The Balaban J connectivity index is 0.994. The molecule has 4 aliphatic rings. The number of aromatic nitrogens is 6. The summed E-state index contributed by atoms with van der Waals surface area (Å²) in [4.78, 5) is 41.7. The van der Waals surface area contributed by atoms with Crippen LogP contribution in [0.15, 0.2) is 46.2 Å². The molecular weight excluding hydrogens is 1020 g/mol. The molecule has 28 heteroatoms. The molecule has 8 rings (SSSR count). The number of likely N-dealkylation sites (N-methyl/N-ethyl adjacent to an activating group) is 2. The highest BCUT2D eigenvalue weighted by Gasteiger charge is 2.28. The molecule has 6 heterocycles. The molecule has 4 saturated heterocycles. The van der Waals surface area contributed by atoms with E-state index in [1.54, 1.807) is 36.4 Å². The van der Waals surface area contributed by atoms with Gasteiger partial charge in [0.1, 0.15) is 30.2 Å². The van der Waals surface area contributed by atoms with Crippen LogP contribution in [0.25, 0.3) is 12.2 Å². The molecule has 4 aromatic rings. The van der Waals surface area contributed by atoms with Gasteiger partial charge in [-0.25, -0.2) is 5.26 Å². The molecule has 0 saturated carbocycles. The molecule has 0 amide bonds. The lowest BCUT2D eigenvalue weighted by atomic mass is 10.1. The molecule has 26 nitrogen and oxygen atoms in total. The van der Waals surface area contributed by atoms with Gasteiger partial charge in [0.2, 0.25) is 35.7 Å². The summed E-state index contributed by atoms with van der Waals surface area (Å²) in [6.45, 7) is 12.3. The normalized spacial score (nSPS) is 18.6. The van der Waals surface area contributed by atoms with Crippen LogP contribution in [-0.2, 0) is 29.0 Å². The highest BCUT2D eigenvalue weighted by Crippen LogP contribution is 2.32. The van der Waals surface area contributed by atoms with Crippen LogP contribution in [-0.4, -0.2) is 263 Å². The standard InChI is InChI=1S/C48H72N16O10S2/c1-63(2,3)33-39(65)31-57-13-17-59(18-14-57)45-51-43(53-47(55-45)61-21-25-71-26-22-61)49-37-11-9-35(41(29-37)75-74-73-67)7-8-36-10-12-38(30-42(36)76(68,69)70)50-44-52-46(56-48(54-44)62-23-27-72-28-24-62)60-19-15-58(16-20-60)32-40(66)34-64(4,5)6/h7-12,29-30,39-40,65-66H,13-28,31-34H2,1-6H3,(H2-2,49,50,51,52,53,54,55,56,67,68,69,70)/p+2. The molecule has 6 N–H and O–H groups in total. The number of aliphatic hydroxyl groups is 2. The molecule has 76 heavy (non-hydrogen) atoms. The van der Waals surface area contributed by atoms with Crippen molar-refractivity contribution in [2.24, 2.45) is 0 Å². The van der Waals surface area contributed by atoms with E-state index in [-0.39, 0.29) is 16.4 Å². The van der Waals surface area contributed by atoms with Crippen molar-refractivity contribution < 1.29 is 56.3 Å². The average Bonchev–Trinajstić information content (AvgIpc) is 3.38. The molecule has 2 unspecified atom stereocenters. The number of aliphatic hydroxyl groups excluding tert-OH is 2. The van der Waals surface area contributed by atoms with E-state index in [0.717, 1.165) is 13.1 Å². The van der Waals surface area contributed by atoms with Gasteiger partial charge in [-0.1, -0.05) is 29.3 Å². The third-order valence-corrected chi connectivity index (χ3v) is 14.6. The Morgan fingerprint density at radius 1 is 0.605 bits per heavy atom. The highest BCUT2D eigenvalue weighted by molar-refractivity contribution is 7.94. The van der Waals surface area contributed by atoms with Crippen molar-refractivity contribution in [1.29, 1.82) is 0 Å². The summed E-state index contributed by atoms with van der Waals surface area (Å²) in [6.07, 6.45) is 2.27. The van der Waals surface area contributed by atoms with E-state index in [0.29, 0.717) is 191 Å². The summed E-state index contributed by atoms with van der Waals surface area (Å²) in [5.41, 5.74) is 1.58. The molecule has 416 valence electrons. The van der Waals surface area contributed by atoms with Gasteiger partial charge < -0.3 is 58.9 Å². The van der Waals surface area contributed by atoms with Crippen molar-refractivity contribution in [3.63, 3.8) is 0 Å². The maximum Gasteiger partial charge on any atom is 0.295 e. The van der Waals surface area contributed by atoms with Crippen LogP contribution in [0.2, 0.25) is 0 Å². The van der Waals surface area contributed by atoms with Crippen molar-refractivity contribution in [3.8, 4) is 0 Å². The third kappa shape index (κ3) is 16.7. The first-order valence-electron chi connectivity index (χ1n) is 25.5. The average molecular weight is 1100 g/mol. The Bertz CT molecular complexity index is 2690. The molecule has 0 aliphatic carbocycles. The number of ether oxygens (including phenoxy) is 2. The van der Waals surface area contributed by atoms with E-state index in [2.05, 4.69) is 82.5 Å². The van der Waals surface area contributed by atoms with Gasteiger partial charge in [-0.2, -0.15) is 38.3 Å². The second-order valence-electron chi connectivity index (χ2n) is 21.3. The number of benzene rings is 2. The molecule has 2 aromatic heterocycles. The second kappa shape index (κ2) is 25.5. The summed E-state index contributed by atoms with van der Waals surface area (Å²) >= 11 is 0.712. The lowest BCUT2D eigenvalue weighted by Crippen LogP contribution is -2.52. The number of hydrogen-bond donors (Lipinski definition) is 6. The number of nitrogens with zero attached hydrogens (tertiary/aromatic N) is 14. The number of morpholine rings is 2. The molecule has 4 aliphatic heterocycles. The minimum absolute atomic E-state index is 0.176. The molecule has 4 fully saturated rings. The molecule has 2 atom stereocenters.